The molecule has 1 aliphatic heterocycles. The lowest BCUT2D eigenvalue weighted by atomic mass is 9.98. The van der Waals surface area contributed by atoms with Crippen LogP contribution in [0.2, 0.25) is 0 Å². The van der Waals surface area contributed by atoms with E-state index in [9.17, 15) is 13.2 Å². The zero-order valence-corrected chi connectivity index (χ0v) is 17.9. The number of nitrogens with one attached hydrogen (secondary N) is 1. The summed E-state index contributed by atoms with van der Waals surface area (Å²) in [6.07, 6.45) is 1.37. The van der Waals surface area contributed by atoms with Crippen LogP contribution in [0.25, 0.3) is 0 Å². The van der Waals surface area contributed by atoms with Gasteiger partial charge < -0.3 is 5.32 Å². The highest BCUT2D eigenvalue weighted by Crippen LogP contribution is 2.31. The zero-order chi connectivity index (χ0) is 18.9. The second-order valence-electron chi connectivity index (χ2n) is 6.50. The van der Waals surface area contributed by atoms with Gasteiger partial charge in [0, 0.05) is 18.8 Å². The van der Waals surface area contributed by atoms with E-state index in [2.05, 4.69) is 21.2 Å². The van der Waals surface area contributed by atoms with Crippen molar-refractivity contribution < 1.29 is 13.2 Å². The number of nitrogens with zero attached hydrogens (tertiary/aromatic N) is 1. The zero-order valence-electron chi connectivity index (χ0n) is 14.7. The van der Waals surface area contributed by atoms with E-state index < -0.39 is 10.0 Å². The highest BCUT2D eigenvalue weighted by molar-refractivity contribution is 9.11. The number of benzene rings is 1. The summed E-state index contributed by atoms with van der Waals surface area (Å²) < 4.78 is 28.1. The molecular weight excluding hydrogens is 436 g/mol. The van der Waals surface area contributed by atoms with E-state index in [1.165, 1.54) is 15.6 Å². The molecule has 1 aliphatic rings. The van der Waals surface area contributed by atoms with E-state index in [4.69, 9.17) is 0 Å². The van der Waals surface area contributed by atoms with Gasteiger partial charge in [0.05, 0.1) is 9.70 Å². The maximum absolute atomic E-state index is 12.8. The van der Waals surface area contributed by atoms with Gasteiger partial charge in [0.15, 0.2) is 0 Å². The third-order valence-electron chi connectivity index (χ3n) is 4.76. The molecule has 1 atom stereocenters. The van der Waals surface area contributed by atoms with Crippen LogP contribution in [0, 0.1) is 19.8 Å². The lowest BCUT2D eigenvalue weighted by molar-refractivity contribution is -0.120. The molecule has 0 radical (unpaired) electrons. The molecule has 1 fully saturated rings. The number of anilines is 1. The molecule has 1 amide bonds. The SMILES string of the molecule is Cc1cccc(NC(=O)C2CCCN(S(=O)(=O)c3ccc(Br)s3)C2)c1C. The number of piperidine rings is 1. The minimum atomic E-state index is -3.55. The van der Waals surface area contributed by atoms with Gasteiger partial charge in [-0.15, -0.1) is 11.3 Å². The molecule has 0 bridgehead atoms. The highest BCUT2D eigenvalue weighted by atomic mass is 79.9. The van der Waals surface area contributed by atoms with Crippen LogP contribution in [0.1, 0.15) is 24.0 Å². The fourth-order valence-electron chi connectivity index (χ4n) is 3.06. The normalized spacial score (nSPS) is 18.7. The van der Waals surface area contributed by atoms with Gasteiger partial charge >= 0.3 is 0 Å². The maximum Gasteiger partial charge on any atom is 0.252 e. The Morgan fingerprint density at radius 3 is 2.73 bits per heavy atom. The monoisotopic (exact) mass is 456 g/mol. The molecule has 1 saturated heterocycles. The Balaban J connectivity index is 1.74. The van der Waals surface area contributed by atoms with Gasteiger partial charge in [-0.2, -0.15) is 4.31 Å². The Hall–Kier alpha value is -1.22. The maximum atomic E-state index is 12.8. The molecule has 140 valence electrons. The quantitative estimate of drug-likeness (QED) is 0.750. The molecular formula is C18H21BrN2O3S2. The predicted molar refractivity (Wildman–Crippen MR) is 108 cm³/mol. The van der Waals surface area contributed by atoms with Gasteiger partial charge in [-0.3, -0.25) is 4.79 Å². The van der Waals surface area contributed by atoms with Crippen LogP contribution in [-0.4, -0.2) is 31.7 Å². The molecule has 1 aromatic carbocycles. The van der Waals surface area contributed by atoms with Gasteiger partial charge in [-0.1, -0.05) is 12.1 Å². The van der Waals surface area contributed by atoms with Gasteiger partial charge in [0.25, 0.3) is 10.0 Å². The number of hydrogen-bond donors (Lipinski definition) is 1. The van der Waals surface area contributed by atoms with Crippen LogP contribution in [0.4, 0.5) is 5.69 Å². The van der Waals surface area contributed by atoms with Gasteiger partial charge in [-0.05, 0) is 71.9 Å². The Morgan fingerprint density at radius 1 is 1.27 bits per heavy atom. The van der Waals surface area contributed by atoms with E-state index in [0.29, 0.717) is 23.6 Å². The molecule has 3 rings (SSSR count). The van der Waals surface area contributed by atoms with Crippen molar-refractivity contribution in [3.63, 3.8) is 0 Å². The van der Waals surface area contributed by atoms with Crippen molar-refractivity contribution >= 4 is 48.9 Å². The number of sulfonamides is 1. The first-order valence-electron chi connectivity index (χ1n) is 8.41. The molecule has 26 heavy (non-hydrogen) atoms. The van der Waals surface area contributed by atoms with Gasteiger partial charge in [0.2, 0.25) is 5.91 Å². The van der Waals surface area contributed by atoms with Crippen molar-refractivity contribution in [3.05, 3.63) is 45.2 Å². The number of halogens is 1. The predicted octanol–water partition coefficient (Wildman–Crippen LogP) is 4.17. The van der Waals surface area contributed by atoms with Crippen LogP contribution < -0.4 is 5.32 Å². The number of carbonyl (C=O) groups excluding carboxylic acids is 1. The molecule has 2 heterocycles. The summed E-state index contributed by atoms with van der Waals surface area (Å²) in [5.41, 5.74) is 2.93. The summed E-state index contributed by atoms with van der Waals surface area (Å²) in [7, 11) is -3.55. The summed E-state index contributed by atoms with van der Waals surface area (Å²) in [6.45, 7) is 4.63. The fraction of sp³-hybridized carbons (Fsp3) is 0.389. The lowest BCUT2D eigenvalue weighted by Crippen LogP contribution is -2.43. The number of hydrogen-bond acceptors (Lipinski definition) is 4. The first-order chi connectivity index (χ1) is 12.3. The molecule has 1 unspecified atom stereocenters. The molecule has 0 aliphatic carbocycles. The minimum Gasteiger partial charge on any atom is -0.326 e. The molecule has 2 aromatic rings. The van der Waals surface area contributed by atoms with Crippen LogP contribution in [0.5, 0.6) is 0 Å². The number of thiophene rings is 1. The second-order valence-corrected chi connectivity index (χ2v) is 11.1. The van der Waals surface area contributed by atoms with Crippen molar-refractivity contribution in [1.82, 2.24) is 4.31 Å². The summed E-state index contributed by atoms with van der Waals surface area (Å²) in [5, 5.41) is 2.97. The van der Waals surface area contributed by atoms with Crippen molar-refractivity contribution in [2.75, 3.05) is 18.4 Å². The Labute approximate surface area is 166 Å². The van der Waals surface area contributed by atoms with Crippen LogP contribution in [-0.2, 0) is 14.8 Å². The van der Waals surface area contributed by atoms with Crippen LogP contribution >= 0.6 is 27.3 Å². The van der Waals surface area contributed by atoms with E-state index in [1.54, 1.807) is 12.1 Å². The average molecular weight is 457 g/mol. The molecule has 8 heteroatoms. The molecule has 1 N–H and O–H groups in total. The van der Waals surface area contributed by atoms with Crippen molar-refractivity contribution in [1.29, 1.82) is 0 Å². The number of amides is 1. The van der Waals surface area contributed by atoms with Crippen LogP contribution in [0.3, 0.4) is 0 Å². The minimum absolute atomic E-state index is 0.119. The number of rotatable bonds is 4. The molecule has 0 spiro atoms. The Kier molecular flexibility index (Phi) is 5.86. The first kappa shape index (κ1) is 19.5. The lowest BCUT2D eigenvalue weighted by Gasteiger charge is -2.31. The molecule has 1 aromatic heterocycles. The number of aryl methyl sites for hydroxylation is 1. The molecule has 0 saturated carbocycles. The standard InChI is InChI=1S/C18H21BrN2O3S2/c1-12-5-3-7-15(13(12)2)20-18(22)14-6-4-10-21(11-14)26(23,24)17-9-8-16(19)25-17/h3,5,7-9,14H,4,6,10-11H2,1-2H3,(H,20,22). The summed E-state index contributed by atoms with van der Waals surface area (Å²) in [5.74, 6) is -0.465. The first-order valence-corrected chi connectivity index (χ1v) is 11.5. The van der Waals surface area contributed by atoms with Crippen molar-refractivity contribution in [2.24, 2.45) is 5.92 Å². The third-order valence-corrected chi connectivity index (χ3v) is 8.72. The van der Waals surface area contributed by atoms with Gasteiger partial charge in [-0.25, -0.2) is 8.42 Å². The average Bonchev–Trinajstić information content (AvgIpc) is 3.06. The third kappa shape index (κ3) is 4.03. The van der Waals surface area contributed by atoms with E-state index >= 15 is 0 Å². The van der Waals surface area contributed by atoms with E-state index in [-0.39, 0.29) is 18.4 Å². The Morgan fingerprint density at radius 2 is 2.04 bits per heavy atom. The largest absolute Gasteiger partial charge is 0.326 e. The summed E-state index contributed by atoms with van der Waals surface area (Å²) in [6, 6.07) is 9.11. The van der Waals surface area contributed by atoms with Gasteiger partial charge in [0.1, 0.15) is 4.21 Å². The van der Waals surface area contributed by atoms with Crippen LogP contribution in [0.15, 0.2) is 38.3 Å². The van der Waals surface area contributed by atoms with Crippen molar-refractivity contribution in [3.8, 4) is 0 Å². The summed E-state index contributed by atoms with van der Waals surface area (Å²) >= 11 is 4.50. The fourth-order valence-corrected chi connectivity index (χ4v) is 6.75. The number of carbonyl (C=O) groups is 1. The second kappa shape index (κ2) is 7.80. The topological polar surface area (TPSA) is 66.5 Å². The molecule has 5 nitrogen and oxygen atoms in total. The summed E-state index contributed by atoms with van der Waals surface area (Å²) in [4.78, 5) is 12.7. The smallest absolute Gasteiger partial charge is 0.252 e. The Bertz CT molecular complexity index is 924. The van der Waals surface area contributed by atoms with E-state index in [1.807, 2.05) is 32.0 Å². The van der Waals surface area contributed by atoms with E-state index in [0.717, 1.165) is 20.6 Å². The highest BCUT2D eigenvalue weighted by Gasteiger charge is 2.34. The van der Waals surface area contributed by atoms with Crippen molar-refractivity contribution in [2.45, 2.75) is 30.9 Å².